The molecule has 1 unspecified atom stereocenters. The van der Waals surface area contributed by atoms with E-state index in [4.69, 9.17) is 10.2 Å². The molecule has 0 aromatic heterocycles. The zero-order chi connectivity index (χ0) is 14.0. The van der Waals surface area contributed by atoms with Gasteiger partial charge in [-0.25, -0.2) is 18.4 Å². The first-order chi connectivity index (χ1) is 8.47. The van der Waals surface area contributed by atoms with Crippen LogP contribution in [0.4, 0.5) is 13.6 Å². The highest BCUT2D eigenvalue weighted by atomic mass is 19.3. The van der Waals surface area contributed by atoms with Crippen LogP contribution in [0.25, 0.3) is 0 Å². The van der Waals surface area contributed by atoms with Gasteiger partial charge in [0.25, 0.3) is 6.43 Å². The third-order valence-corrected chi connectivity index (χ3v) is 1.80. The molecular formula is C9H16F2N2O5. The summed E-state index contributed by atoms with van der Waals surface area (Å²) in [6.45, 7) is -1.22. The average molecular weight is 270 g/mol. The highest BCUT2D eigenvalue weighted by Gasteiger charge is 2.18. The molecule has 1 atom stereocenters. The fourth-order valence-electron chi connectivity index (χ4n) is 1.00. The number of aliphatic carboxylic acids is 1. The van der Waals surface area contributed by atoms with Gasteiger partial charge >= 0.3 is 12.0 Å². The third kappa shape index (κ3) is 8.65. The van der Waals surface area contributed by atoms with Gasteiger partial charge in [0, 0.05) is 19.6 Å². The predicted octanol–water partition coefficient (Wildman–Crippen LogP) is -0.597. The van der Waals surface area contributed by atoms with Crippen molar-refractivity contribution in [3.05, 3.63) is 0 Å². The molecule has 106 valence electrons. The molecule has 0 rings (SSSR count). The average Bonchev–Trinajstić information content (AvgIpc) is 2.27. The number of amides is 2. The molecule has 0 bridgehead atoms. The van der Waals surface area contributed by atoms with E-state index in [1.807, 2.05) is 0 Å². The lowest BCUT2D eigenvalue weighted by Crippen LogP contribution is -2.47. The number of ether oxygens (including phenoxy) is 1. The van der Waals surface area contributed by atoms with E-state index < -0.39 is 31.1 Å². The predicted molar refractivity (Wildman–Crippen MR) is 56.5 cm³/mol. The second-order valence-corrected chi connectivity index (χ2v) is 3.27. The lowest BCUT2D eigenvalue weighted by Gasteiger charge is -2.13. The number of hydrogen-bond donors (Lipinski definition) is 4. The van der Waals surface area contributed by atoms with Crippen molar-refractivity contribution in [3.63, 3.8) is 0 Å². The van der Waals surface area contributed by atoms with E-state index >= 15 is 0 Å². The number of aliphatic hydroxyl groups excluding tert-OH is 1. The topological polar surface area (TPSA) is 108 Å². The Bertz CT molecular complexity index is 265. The Labute approximate surface area is 102 Å². The van der Waals surface area contributed by atoms with Gasteiger partial charge in [-0.15, -0.1) is 0 Å². The van der Waals surface area contributed by atoms with Crippen LogP contribution in [0.5, 0.6) is 0 Å². The maximum atomic E-state index is 11.7. The van der Waals surface area contributed by atoms with E-state index in [9.17, 15) is 18.4 Å². The van der Waals surface area contributed by atoms with Crippen molar-refractivity contribution in [2.45, 2.75) is 18.9 Å². The standard InChI is InChI=1S/C9H16F2N2O5/c10-7(11)5-18-4-2-12-9(17)13-6(1-3-14)8(15)16/h6-7,14H,1-5H2,(H,15,16)(H2,12,13,17). The van der Waals surface area contributed by atoms with Gasteiger partial charge < -0.3 is 25.6 Å². The zero-order valence-corrected chi connectivity index (χ0v) is 9.57. The largest absolute Gasteiger partial charge is 0.480 e. The molecule has 0 fully saturated rings. The Morgan fingerprint density at radius 3 is 2.50 bits per heavy atom. The molecule has 0 saturated heterocycles. The van der Waals surface area contributed by atoms with E-state index in [-0.39, 0.29) is 26.2 Å². The zero-order valence-electron chi connectivity index (χ0n) is 9.57. The number of carbonyl (C=O) groups is 2. The van der Waals surface area contributed by atoms with Gasteiger partial charge in [-0.3, -0.25) is 0 Å². The van der Waals surface area contributed by atoms with Crippen molar-refractivity contribution >= 4 is 12.0 Å². The van der Waals surface area contributed by atoms with Gasteiger partial charge in [0.15, 0.2) is 0 Å². The Morgan fingerprint density at radius 1 is 1.33 bits per heavy atom. The second-order valence-electron chi connectivity index (χ2n) is 3.27. The number of aliphatic hydroxyl groups is 1. The fourth-order valence-corrected chi connectivity index (χ4v) is 1.00. The van der Waals surface area contributed by atoms with Gasteiger partial charge in [0.1, 0.15) is 12.6 Å². The number of carboxylic acids is 1. The summed E-state index contributed by atoms with van der Waals surface area (Å²) in [6, 6.07) is -1.96. The Kier molecular flexibility index (Phi) is 8.76. The van der Waals surface area contributed by atoms with Crippen LogP contribution in [-0.4, -0.2) is 61.0 Å². The van der Waals surface area contributed by atoms with Crippen molar-refractivity contribution < 1.29 is 33.3 Å². The summed E-state index contributed by atoms with van der Waals surface area (Å²) in [4.78, 5) is 21.8. The molecule has 0 aliphatic carbocycles. The van der Waals surface area contributed by atoms with E-state index in [0.29, 0.717) is 0 Å². The first kappa shape index (κ1) is 16.5. The van der Waals surface area contributed by atoms with Gasteiger partial charge in [-0.1, -0.05) is 0 Å². The molecule has 0 heterocycles. The summed E-state index contributed by atoms with van der Waals surface area (Å²) in [6.07, 6.45) is -2.69. The molecule has 0 aliphatic rings. The fraction of sp³-hybridized carbons (Fsp3) is 0.778. The maximum absolute atomic E-state index is 11.7. The first-order valence-corrected chi connectivity index (χ1v) is 5.21. The van der Waals surface area contributed by atoms with Crippen LogP contribution in [0, 0.1) is 0 Å². The minimum atomic E-state index is -2.57. The molecule has 2 amide bonds. The minimum Gasteiger partial charge on any atom is -0.480 e. The van der Waals surface area contributed by atoms with E-state index in [1.165, 1.54) is 0 Å². The van der Waals surface area contributed by atoms with E-state index in [2.05, 4.69) is 15.4 Å². The molecule has 0 saturated carbocycles. The van der Waals surface area contributed by atoms with Crippen molar-refractivity contribution in [1.29, 1.82) is 0 Å². The number of carboxylic acid groups (broad SMARTS) is 1. The molecule has 0 spiro atoms. The first-order valence-electron chi connectivity index (χ1n) is 5.21. The Balaban J connectivity index is 3.71. The minimum absolute atomic E-state index is 0.0238. The highest BCUT2D eigenvalue weighted by molar-refractivity contribution is 5.82. The van der Waals surface area contributed by atoms with Crippen molar-refractivity contribution in [1.82, 2.24) is 10.6 Å². The summed E-state index contributed by atoms with van der Waals surface area (Å²) in [5.41, 5.74) is 0. The number of carbonyl (C=O) groups excluding carboxylic acids is 1. The van der Waals surface area contributed by atoms with Crippen molar-refractivity contribution in [2.75, 3.05) is 26.4 Å². The molecule has 0 radical (unpaired) electrons. The number of hydrogen-bond acceptors (Lipinski definition) is 4. The third-order valence-electron chi connectivity index (χ3n) is 1.80. The lowest BCUT2D eigenvalue weighted by atomic mass is 10.2. The number of urea groups is 1. The van der Waals surface area contributed by atoms with Crippen LogP contribution in [0.2, 0.25) is 0 Å². The molecule has 9 heteroatoms. The van der Waals surface area contributed by atoms with Gasteiger partial charge in [-0.2, -0.15) is 0 Å². The molecule has 0 aromatic carbocycles. The highest BCUT2D eigenvalue weighted by Crippen LogP contribution is 1.92. The Morgan fingerprint density at radius 2 is 2.00 bits per heavy atom. The van der Waals surface area contributed by atoms with Crippen LogP contribution in [-0.2, 0) is 9.53 Å². The van der Waals surface area contributed by atoms with Crippen molar-refractivity contribution in [3.8, 4) is 0 Å². The number of halogens is 2. The number of nitrogens with one attached hydrogen (secondary N) is 2. The molecule has 7 nitrogen and oxygen atoms in total. The van der Waals surface area contributed by atoms with E-state index in [1.54, 1.807) is 0 Å². The van der Waals surface area contributed by atoms with Gasteiger partial charge in [-0.05, 0) is 0 Å². The van der Waals surface area contributed by atoms with Crippen LogP contribution < -0.4 is 10.6 Å². The monoisotopic (exact) mass is 270 g/mol. The van der Waals surface area contributed by atoms with Crippen LogP contribution in [0.15, 0.2) is 0 Å². The van der Waals surface area contributed by atoms with Gasteiger partial charge in [0.05, 0.1) is 6.61 Å². The van der Waals surface area contributed by atoms with Crippen LogP contribution >= 0.6 is 0 Å². The molecule has 0 aliphatic heterocycles. The normalized spacial score (nSPS) is 12.2. The van der Waals surface area contributed by atoms with E-state index in [0.717, 1.165) is 0 Å². The molecular weight excluding hydrogens is 254 g/mol. The summed E-state index contributed by atoms with van der Waals surface area (Å²) in [7, 11) is 0. The number of alkyl halides is 2. The SMILES string of the molecule is O=C(NCCOCC(F)F)NC(CCO)C(=O)O. The number of rotatable bonds is 9. The second kappa shape index (κ2) is 9.54. The summed E-state index contributed by atoms with van der Waals surface area (Å²) >= 11 is 0. The lowest BCUT2D eigenvalue weighted by molar-refractivity contribution is -0.139. The maximum Gasteiger partial charge on any atom is 0.326 e. The Hall–Kier alpha value is -1.48. The van der Waals surface area contributed by atoms with Crippen molar-refractivity contribution in [2.24, 2.45) is 0 Å². The van der Waals surface area contributed by atoms with Gasteiger partial charge in [0.2, 0.25) is 0 Å². The van der Waals surface area contributed by atoms with Crippen LogP contribution in [0.1, 0.15) is 6.42 Å². The molecule has 18 heavy (non-hydrogen) atoms. The summed E-state index contributed by atoms with van der Waals surface area (Å²) < 4.78 is 27.8. The molecule has 0 aromatic rings. The molecule has 4 N–H and O–H groups in total. The smallest absolute Gasteiger partial charge is 0.326 e. The summed E-state index contributed by atoms with van der Waals surface area (Å²) in [5, 5.41) is 21.6. The summed E-state index contributed by atoms with van der Waals surface area (Å²) in [5.74, 6) is -1.27. The van der Waals surface area contributed by atoms with Crippen LogP contribution in [0.3, 0.4) is 0 Å². The quantitative estimate of drug-likeness (QED) is 0.419.